The Morgan fingerprint density at radius 3 is 2.46 bits per heavy atom. The first kappa shape index (κ1) is 18.5. The van der Waals surface area contributed by atoms with Gasteiger partial charge in [0.2, 0.25) is 5.91 Å². The molecule has 0 aromatic carbocycles. The average molecular weight is 355 g/mol. The molecule has 6 heteroatoms. The van der Waals surface area contributed by atoms with Crippen LogP contribution in [-0.4, -0.2) is 84.7 Å². The molecular weight excluding hydrogens is 320 g/mol. The Morgan fingerprint density at radius 2 is 1.79 bits per heavy atom. The summed E-state index contributed by atoms with van der Waals surface area (Å²) in [6, 6.07) is 0.417. The molecule has 138 valence electrons. The zero-order chi connectivity index (χ0) is 17.1. The van der Waals surface area contributed by atoms with E-state index in [1.165, 1.54) is 65.2 Å². The summed E-state index contributed by atoms with van der Waals surface area (Å²) in [6.45, 7) is 13.6. The van der Waals surface area contributed by atoms with Crippen LogP contribution in [0.5, 0.6) is 0 Å². The van der Waals surface area contributed by atoms with Gasteiger partial charge in [0.1, 0.15) is 0 Å². The lowest BCUT2D eigenvalue weighted by Crippen LogP contribution is -2.46. The van der Waals surface area contributed by atoms with E-state index < -0.39 is 0 Å². The number of hydrogen-bond acceptors (Lipinski definition) is 5. The number of carbonyl (C=O) groups excluding carboxylic acids is 1. The molecule has 3 rings (SSSR count). The fourth-order valence-corrected chi connectivity index (χ4v) is 5.02. The molecule has 2 saturated heterocycles. The van der Waals surface area contributed by atoms with E-state index in [0.29, 0.717) is 12.0 Å². The van der Waals surface area contributed by atoms with Gasteiger partial charge in [0.05, 0.1) is 0 Å². The standard InChI is InChI=1S/C18H34N4OS/c1-14(2)18(23)19-17-5-4-15-12-21(13-16(15)17)7-6-20-8-10-22(24-3)11-9-20/h14-17H,4-13H2,1-3H3,(H,19,23). The second-order valence-corrected chi connectivity index (χ2v) is 8.87. The van der Waals surface area contributed by atoms with Crippen molar-refractivity contribution in [3.63, 3.8) is 0 Å². The summed E-state index contributed by atoms with van der Waals surface area (Å²) < 4.78 is 2.46. The Balaban J connectivity index is 1.40. The van der Waals surface area contributed by atoms with Gasteiger partial charge in [0.15, 0.2) is 0 Å². The van der Waals surface area contributed by atoms with Gasteiger partial charge in [-0.1, -0.05) is 25.8 Å². The minimum Gasteiger partial charge on any atom is -0.353 e. The van der Waals surface area contributed by atoms with E-state index in [4.69, 9.17) is 0 Å². The number of piperazine rings is 1. The molecule has 1 N–H and O–H groups in total. The summed E-state index contributed by atoms with van der Waals surface area (Å²) in [5.74, 6) is 1.81. The van der Waals surface area contributed by atoms with E-state index in [9.17, 15) is 4.79 Å². The van der Waals surface area contributed by atoms with Crippen molar-refractivity contribution in [1.29, 1.82) is 0 Å². The fourth-order valence-electron chi connectivity index (χ4n) is 4.49. The van der Waals surface area contributed by atoms with Crippen molar-refractivity contribution in [3.05, 3.63) is 0 Å². The number of carbonyl (C=O) groups is 1. The van der Waals surface area contributed by atoms with Crippen LogP contribution >= 0.6 is 11.9 Å². The highest BCUT2D eigenvalue weighted by Gasteiger charge is 2.43. The summed E-state index contributed by atoms with van der Waals surface area (Å²) in [4.78, 5) is 17.3. The molecule has 0 aromatic heterocycles. The maximum atomic E-state index is 12.0. The minimum absolute atomic E-state index is 0.0986. The van der Waals surface area contributed by atoms with Crippen molar-refractivity contribution < 1.29 is 4.79 Å². The molecule has 24 heavy (non-hydrogen) atoms. The highest BCUT2D eigenvalue weighted by molar-refractivity contribution is 7.96. The molecular formula is C18H34N4OS. The molecule has 0 bridgehead atoms. The van der Waals surface area contributed by atoms with Crippen LogP contribution in [0.25, 0.3) is 0 Å². The second kappa shape index (κ2) is 8.39. The normalized spacial score (nSPS) is 32.4. The van der Waals surface area contributed by atoms with Gasteiger partial charge in [0, 0.05) is 64.3 Å². The number of hydrogen-bond donors (Lipinski definition) is 1. The van der Waals surface area contributed by atoms with Gasteiger partial charge >= 0.3 is 0 Å². The van der Waals surface area contributed by atoms with Crippen LogP contribution in [-0.2, 0) is 4.79 Å². The van der Waals surface area contributed by atoms with E-state index in [2.05, 4.69) is 25.7 Å². The number of fused-ring (bicyclic) bond motifs is 1. The van der Waals surface area contributed by atoms with E-state index in [1.807, 2.05) is 25.8 Å². The molecule has 1 amide bonds. The summed E-state index contributed by atoms with van der Waals surface area (Å²) >= 11 is 1.87. The third-order valence-electron chi connectivity index (χ3n) is 6.11. The lowest BCUT2D eigenvalue weighted by Gasteiger charge is -2.34. The fraction of sp³-hybridized carbons (Fsp3) is 0.944. The number of nitrogens with zero attached hydrogens (tertiary/aromatic N) is 3. The van der Waals surface area contributed by atoms with Crippen LogP contribution in [0.3, 0.4) is 0 Å². The minimum atomic E-state index is 0.0986. The number of nitrogens with one attached hydrogen (secondary N) is 1. The van der Waals surface area contributed by atoms with E-state index >= 15 is 0 Å². The van der Waals surface area contributed by atoms with Crippen molar-refractivity contribution in [2.24, 2.45) is 17.8 Å². The molecule has 3 unspecified atom stereocenters. The van der Waals surface area contributed by atoms with Crippen LogP contribution in [0, 0.1) is 17.8 Å². The van der Waals surface area contributed by atoms with Crippen molar-refractivity contribution >= 4 is 17.9 Å². The van der Waals surface area contributed by atoms with Gasteiger partial charge in [0.25, 0.3) is 0 Å². The smallest absolute Gasteiger partial charge is 0.222 e. The largest absolute Gasteiger partial charge is 0.353 e. The predicted molar refractivity (Wildman–Crippen MR) is 101 cm³/mol. The topological polar surface area (TPSA) is 38.8 Å². The van der Waals surface area contributed by atoms with Gasteiger partial charge in [-0.25, -0.2) is 4.31 Å². The predicted octanol–water partition coefficient (Wildman–Crippen LogP) is 1.36. The zero-order valence-electron chi connectivity index (χ0n) is 15.5. The monoisotopic (exact) mass is 354 g/mol. The van der Waals surface area contributed by atoms with Gasteiger partial charge < -0.3 is 10.2 Å². The van der Waals surface area contributed by atoms with Gasteiger partial charge in [-0.15, -0.1) is 0 Å². The van der Waals surface area contributed by atoms with Crippen LogP contribution < -0.4 is 5.32 Å². The molecule has 1 saturated carbocycles. The van der Waals surface area contributed by atoms with Gasteiger partial charge in [-0.05, 0) is 30.9 Å². The van der Waals surface area contributed by atoms with E-state index in [1.54, 1.807) is 0 Å². The van der Waals surface area contributed by atoms with Crippen molar-refractivity contribution in [1.82, 2.24) is 19.4 Å². The summed E-state index contributed by atoms with van der Waals surface area (Å²) in [7, 11) is 0. The van der Waals surface area contributed by atoms with Gasteiger partial charge in [-0.2, -0.15) is 0 Å². The molecule has 5 nitrogen and oxygen atoms in total. The third-order valence-corrected chi connectivity index (χ3v) is 6.99. The summed E-state index contributed by atoms with van der Waals surface area (Å²) in [5.41, 5.74) is 0. The Morgan fingerprint density at radius 1 is 1.08 bits per heavy atom. The molecule has 3 atom stereocenters. The number of rotatable bonds is 6. The Bertz CT molecular complexity index is 425. The maximum absolute atomic E-state index is 12.0. The maximum Gasteiger partial charge on any atom is 0.222 e. The molecule has 3 fully saturated rings. The van der Waals surface area contributed by atoms with Gasteiger partial charge in [-0.3, -0.25) is 9.69 Å². The molecule has 3 aliphatic rings. The number of likely N-dealkylation sites (tertiary alicyclic amines) is 1. The first-order valence-electron chi connectivity index (χ1n) is 9.61. The second-order valence-electron chi connectivity index (χ2n) is 7.98. The number of amides is 1. The molecule has 1 aliphatic carbocycles. The summed E-state index contributed by atoms with van der Waals surface area (Å²) in [6.07, 6.45) is 4.64. The molecule has 0 radical (unpaired) electrons. The molecule has 0 spiro atoms. The Hall–Kier alpha value is -0.300. The Kier molecular flexibility index (Phi) is 6.46. The lowest BCUT2D eigenvalue weighted by molar-refractivity contribution is -0.124. The molecule has 2 heterocycles. The Labute approximate surface area is 151 Å². The SMILES string of the molecule is CSN1CCN(CCN2CC3CCC(NC(=O)C(C)C)C3C2)CC1. The van der Waals surface area contributed by atoms with Crippen LogP contribution in [0.1, 0.15) is 26.7 Å². The van der Waals surface area contributed by atoms with Crippen LogP contribution in [0.2, 0.25) is 0 Å². The lowest BCUT2D eigenvalue weighted by atomic mass is 9.97. The zero-order valence-corrected chi connectivity index (χ0v) is 16.4. The molecule has 0 aromatic rings. The van der Waals surface area contributed by atoms with E-state index in [0.717, 1.165) is 5.92 Å². The average Bonchev–Trinajstić information content (AvgIpc) is 3.15. The van der Waals surface area contributed by atoms with Crippen molar-refractivity contribution in [2.45, 2.75) is 32.7 Å². The first-order chi connectivity index (χ1) is 11.6. The van der Waals surface area contributed by atoms with Crippen molar-refractivity contribution in [3.8, 4) is 0 Å². The molecule has 2 aliphatic heterocycles. The quantitative estimate of drug-likeness (QED) is 0.730. The highest BCUT2D eigenvalue weighted by Crippen LogP contribution is 2.38. The van der Waals surface area contributed by atoms with Crippen molar-refractivity contribution in [2.75, 3.05) is 58.6 Å². The first-order valence-corrected chi connectivity index (χ1v) is 10.8. The van der Waals surface area contributed by atoms with Crippen LogP contribution in [0.4, 0.5) is 0 Å². The van der Waals surface area contributed by atoms with Crippen LogP contribution in [0.15, 0.2) is 0 Å². The summed E-state index contributed by atoms with van der Waals surface area (Å²) in [5, 5.41) is 3.30. The highest BCUT2D eigenvalue weighted by atomic mass is 32.2. The third kappa shape index (κ3) is 4.45. The van der Waals surface area contributed by atoms with E-state index in [-0.39, 0.29) is 11.8 Å².